The lowest BCUT2D eigenvalue weighted by Gasteiger charge is -2.27. The fourth-order valence-corrected chi connectivity index (χ4v) is 3.88. The fraction of sp³-hybridized carbons (Fsp3) is 0.407. The molecule has 7 nitrogen and oxygen atoms in total. The normalized spacial score (nSPS) is 17.6. The van der Waals surface area contributed by atoms with E-state index in [0.29, 0.717) is 42.3 Å². The molecule has 2 aromatic carbocycles. The maximum absolute atomic E-state index is 13.1. The number of carbonyl (C=O) groups excluding carboxylic acids is 2. The third-order valence-electron chi connectivity index (χ3n) is 5.47. The molecule has 2 aromatic rings. The van der Waals surface area contributed by atoms with Crippen molar-refractivity contribution in [1.29, 1.82) is 0 Å². The first-order valence-electron chi connectivity index (χ1n) is 11.7. The highest BCUT2D eigenvalue weighted by molar-refractivity contribution is 6.46. The van der Waals surface area contributed by atoms with Gasteiger partial charge in [0, 0.05) is 18.7 Å². The molecule has 1 aliphatic heterocycles. The minimum atomic E-state index is -0.711. The van der Waals surface area contributed by atoms with Crippen molar-refractivity contribution in [3.63, 3.8) is 0 Å². The van der Waals surface area contributed by atoms with Gasteiger partial charge < -0.3 is 24.4 Å². The predicted molar refractivity (Wildman–Crippen MR) is 132 cm³/mol. The highest BCUT2D eigenvalue weighted by atomic mass is 16.5. The second kappa shape index (κ2) is 11.2. The van der Waals surface area contributed by atoms with E-state index in [2.05, 4.69) is 0 Å². The SMILES string of the molecule is CCCOc1cccc([C@@H]2C(=C(O)c3ccc(OC(C)C)cc3)C(=O)C(=O)N2CCN(C)C)c1. The van der Waals surface area contributed by atoms with Gasteiger partial charge in [0.15, 0.2) is 0 Å². The molecule has 1 atom stereocenters. The van der Waals surface area contributed by atoms with Crippen LogP contribution in [0.25, 0.3) is 5.76 Å². The molecule has 1 amide bonds. The second-order valence-electron chi connectivity index (χ2n) is 8.91. The Morgan fingerprint density at radius 3 is 2.41 bits per heavy atom. The van der Waals surface area contributed by atoms with E-state index in [-0.39, 0.29) is 17.4 Å². The molecular formula is C27H34N2O5. The highest BCUT2D eigenvalue weighted by Gasteiger charge is 2.46. The monoisotopic (exact) mass is 466 g/mol. The molecule has 182 valence electrons. The average Bonchev–Trinajstić information content (AvgIpc) is 3.06. The summed E-state index contributed by atoms with van der Waals surface area (Å²) in [6, 6.07) is 13.5. The Kier molecular flexibility index (Phi) is 8.34. The molecule has 0 radical (unpaired) electrons. The molecule has 0 unspecified atom stereocenters. The number of aliphatic hydroxyl groups excluding tert-OH is 1. The zero-order chi connectivity index (χ0) is 24.8. The minimum absolute atomic E-state index is 0.0173. The molecule has 1 N–H and O–H groups in total. The van der Waals surface area contributed by atoms with E-state index in [4.69, 9.17) is 9.47 Å². The molecular weight excluding hydrogens is 432 g/mol. The van der Waals surface area contributed by atoms with Gasteiger partial charge in [-0.3, -0.25) is 9.59 Å². The van der Waals surface area contributed by atoms with Gasteiger partial charge in [-0.15, -0.1) is 0 Å². The van der Waals surface area contributed by atoms with Crippen LogP contribution in [0.1, 0.15) is 44.4 Å². The van der Waals surface area contributed by atoms with Crippen LogP contribution in [0.4, 0.5) is 0 Å². The molecule has 1 heterocycles. The number of hydrogen-bond acceptors (Lipinski definition) is 6. The second-order valence-corrected chi connectivity index (χ2v) is 8.91. The molecule has 1 saturated heterocycles. The third-order valence-corrected chi connectivity index (χ3v) is 5.47. The smallest absolute Gasteiger partial charge is 0.295 e. The van der Waals surface area contributed by atoms with Crippen LogP contribution in [0.2, 0.25) is 0 Å². The lowest BCUT2D eigenvalue weighted by atomic mass is 9.95. The number of nitrogens with zero attached hydrogens (tertiary/aromatic N) is 2. The van der Waals surface area contributed by atoms with E-state index < -0.39 is 17.7 Å². The van der Waals surface area contributed by atoms with Gasteiger partial charge in [0.05, 0.1) is 24.3 Å². The van der Waals surface area contributed by atoms with Crippen LogP contribution in [-0.2, 0) is 9.59 Å². The number of amides is 1. The zero-order valence-electron chi connectivity index (χ0n) is 20.6. The van der Waals surface area contributed by atoms with Gasteiger partial charge in [0.25, 0.3) is 11.7 Å². The van der Waals surface area contributed by atoms with E-state index >= 15 is 0 Å². The third kappa shape index (κ3) is 5.78. The number of benzene rings is 2. The Morgan fingerprint density at radius 2 is 1.79 bits per heavy atom. The number of ether oxygens (including phenoxy) is 2. The first-order chi connectivity index (χ1) is 16.2. The van der Waals surface area contributed by atoms with E-state index in [1.165, 1.54) is 4.90 Å². The van der Waals surface area contributed by atoms with Crippen LogP contribution >= 0.6 is 0 Å². The van der Waals surface area contributed by atoms with Crippen molar-refractivity contribution in [2.24, 2.45) is 0 Å². The number of likely N-dealkylation sites (tertiary alicyclic amines) is 1. The summed E-state index contributed by atoms with van der Waals surface area (Å²) >= 11 is 0. The van der Waals surface area contributed by atoms with Gasteiger partial charge in [-0.05, 0) is 76.3 Å². The highest BCUT2D eigenvalue weighted by Crippen LogP contribution is 2.40. The zero-order valence-corrected chi connectivity index (χ0v) is 20.6. The van der Waals surface area contributed by atoms with E-state index in [1.54, 1.807) is 24.3 Å². The van der Waals surface area contributed by atoms with Crippen molar-refractivity contribution in [3.05, 3.63) is 65.2 Å². The Balaban J connectivity index is 2.07. The summed E-state index contributed by atoms with van der Waals surface area (Å²) in [5.74, 6) is -0.189. The Morgan fingerprint density at radius 1 is 1.09 bits per heavy atom. The summed E-state index contributed by atoms with van der Waals surface area (Å²) < 4.78 is 11.5. The molecule has 0 aliphatic carbocycles. The van der Waals surface area contributed by atoms with E-state index in [9.17, 15) is 14.7 Å². The molecule has 34 heavy (non-hydrogen) atoms. The lowest BCUT2D eigenvalue weighted by molar-refractivity contribution is -0.140. The molecule has 0 bridgehead atoms. The van der Waals surface area contributed by atoms with Gasteiger partial charge in [-0.2, -0.15) is 0 Å². The van der Waals surface area contributed by atoms with Crippen molar-refractivity contribution >= 4 is 17.4 Å². The summed E-state index contributed by atoms with van der Waals surface area (Å²) in [6.07, 6.45) is 0.880. The largest absolute Gasteiger partial charge is 0.507 e. The number of ketones is 1. The molecule has 0 saturated carbocycles. The Hall–Kier alpha value is -3.32. The molecule has 7 heteroatoms. The standard InChI is InChI=1S/C27H34N2O5/c1-6-16-33-22-9-7-8-20(17-22)24-23(26(31)27(32)29(24)15-14-28(4)5)25(30)19-10-12-21(13-11-19)34-18(2)3/h7-13,17-18,24,30H,6,14-16H2,1-5H3/t24-/m1/s1. The van der Waals surface area contributed by atoms with Crippen LogP contribution in [0.15, 0.2) is 54.1 Å². The number of Topliss-reactive ketones (excluding diaryl/α,β-unsaturated/α-hetero) is 1. The molecule has 1 fully saturated rings. The molecule has 0 aromatic heterocycles. The number of aliphatic hydroxyl groups is 1. The topological polar surface area (TPSA) is 79.3 Å². The lowest BCUT2D eigenvalue weighted by Crippen LogP contribution is -2.35. The quantitative estimate of drug-likeness (QED) is 0.320. The Bertz CT molecular complexity index is 1040. The summed E-state index contributed by atoms with van der Waals surface area (Å²) in [5.41, 5.74) is 1.24. The fourth-order valence-electron chi connectivity index (χ4n) is 3.88. The number of hydrogen-bond donors (Lipinski definition) is 1. The summed E-state index contributed by atoms with van der Waals surface area (Å²) in [6.45, 7) is 7.38. The summed E-state index contributed by atoms with van der Waals surface area (Å²) in [7, 11) is 3.82. The van der Waals surface area contributed by atoms with E-state index in [0.717, 1.165) is 6.42 Å². The van der Waals surface area contributed by atoms with Crippen molar-refractivity contribution in [2.45, 2.75) is 39.3 Å². The summed E-state index contributed by atoms with van der Waals surface area (Å²) in [5, 5.41) is 11.2. The Labute approximate surface area is 201 Å². The van der Waals surface area contributed by atoms with E-state index in [1.807, 2.05) is 64.0 Å². The van der Waals surface area contributed by atoms with Crippen molar-refractivity contribution in [1.82, 2.24) is 9.80 Å². The predicted octanol–water partition coefficient (Wildman–Crippen LogP) is 4.25. The number of carbonyl (C=O) groups is 2. The molecule has 3 rings (SSSR count). The number of rotatable bonds is 10. The molecule has 1 aliphatic rings. The molecule has 0 spiro atoms. The maximum atomic E-state index is 13.1. The van der Waals surface area contributed by atoms with Gasteiger partial charge in [0.1, 0.15) is 17.3 Å². The number of likely N-dealkylation sites (N-methyl/N-ethyl adjacent to an activating group) is 1. The van der Waals surface area contributed by atoms with Crippen LogP contribution < -0.4 is 9.47 Å². The van der Waals surface area contributed by atoms with Crippen molar-refractivity contribution < 1.29 is 24.2 Å². The van der Waals surface area contributed by atoms with Crippen molar-refractivity contribution in [3.8, 4) is 11.5 Å². The van der Waals surface area contributed by atoms with Crippen LogP contribution in [0.5, 0.6) is 11.5 Å². The van der Waals surface area contributed by atoms with Crippen molar-refractivity contribution in [2.75, 3.05) is 33.8 Å². The average molecular weight is 467 g/mol. The van der Waals surface area contributed by atoms with Crippen LogP contribution in [0.3, 0.4) is 0 Å². The van der Waals surface area contributed by atoms with Gasteiger partial charge >= 0.3 is 0 Å². The first-order valence-corrected chi connectivity index (χ1v) is 11.7. The van der Waals surface area contributed by atoms with Gasteiger partial charge in [-0.1, -0.05) is 19.1 Å². The van der Waals surface area contributed by atoms with Crippen LogP contribution in [0, 0.1) is 0 Å². The van der Waals surface area contributed by atoms with Gasteiger partial charge in [0.2, 0.25) is 0 Å². The first kappa shape index (κ1) is 25.3. The van der Waals surface area contributed by atoms with Gasteiger partial charge in [-0.25, -0.2) is 0 Å². The minimum Gasteiger partial charge on any atom is -0.507 e. The summed E-state index contributed by atoms with van der Waals surface area (Å²) in [4.78, 5) is 29.7. The van der Waals surface area contributed by atoms with Crippen LogP contribution in [-0.4, -0.2) is 66.5 Å². The maximum Gasteiger partial charge on any atom is 0.295 e.